The van der Waals surface area contributed by atoms with Crippen molar-refractivity contribution in [1.29, 1.82) is 0 Å². The lowest BCUT2D eigenvalue weighted by Crippen LogP contribution is -2.13. The molecular weight excluding hydrogens is 307 g/mol. The number of carbonyl (C=O) groups excluding carboxylic acids is 1. The van der Waals surface area contributed by atoms with Crippen LogP contribution < -0.4 is 11.1 Å². The van der Waals surface area contributed by atoms with Crippen molar-refractivity contribution in [3.05, 3.63) is 53.6 Å². The van der Waals surface area contributed by atoms with Gasteiger partial charge in [-0.15, -0.1) is 0 Å². The van der Waals surface area contributed by atoms with Crippen LogP contribution in [0.2, 0.25) is 0 Å². The Balaban J connectivity index is 0.000000526. The molecule has 0 saturated heterocycles. The number of carbonyl (C=O) groups is 1. The molecule has 0 atom stereocenters. The van der Waals surface area contributed by atoms with E-state index in [4.69, 9.17) is 5.73 Å². The Morgan fingerprint density at radius 3 is 2.83 bits per heavy atom. The maximum Gasteiger partial charge on any atom is 0.254 e. The second-order valence-corrected chi connectivity index (χ2v) is 5.66. The second kappa shape index (κ2) is 6.31. The number of anilines is 1. The van der Waals surface area contributed by atoms with Crippen LogP contribution >= 0.6 is 0 Å². The standard InChI is InChI=1S/C15H11FN4O.C3H8/c16-8-3-4-20-12(7-18-13(20)5-8)9-1-2-11(17)14-10(9)6-19-15(14)21;1-3-2/h1-5,7H,6,17H2,(H,19,21);3H2,1-2H3. The van der Waals surface area contributed by atoms with Crippen molar-refractivity contribution in [2.75, 3.05) is 5.73 Å². The molecule has 24 heavy (non-hydrogen) atoms. The van der Waals surface area contributed by atoms with Crippen LogP contribution in [0.1, 0.15) is 36.2 Å². The number of fused-ring (bicyclic) bond motifs is 2. The molecule has 1 aliphatic heterocycles. The molecule has 0 bridgehead atoms. The molecule has 0 spiro atoms. The van der Waals surface area contributed by atoms with Gasteiger partial charge in [0.25, 0.3) is 5.91 Å². The highest BCUT2D eigenvalue weighted by atomic mass is 19.1. The number of nitrogens with zero attached hydrogens (tertiary/aromatic N) is 2. The van der Waals surface area contributed by atoms with E-state index in [9.17, 15) is 9.18 Å². The van der Waals surface area contributed by atoms with Crippen molar-refractivity contribution < 1.29 is 9.18 Å². The number of amides is 1. The minimum atomic E-state index is -0.334. The number of hydrogen-bond donors (Lipinski definition) is 2. The quantitative estimate of drug-likeness (QED) is 0.673. The molecule has 4 rings (SSSR count). The minimum absolute atomic E-state index is 0.163. The lowest BCUT2D eigenvalue weighted by molar-refractivity contribution is 0.0966. The number of nitrogens with two attached hydrogens (primary N) is 1. The van der Waals surface area contributed by atoms with Gasteiger partial charge in [-0.25, -0.2) is 9.37 Å². The molecule has 1 amide bonds. The fourth-order valence-electron chi connectivity index (χ4n) is 2.77. The largest absolute Gasteiger partial charge is 0.398 e. The van der Waals surface area contributed by atoms with Gasteiger partial charge < -0.3 is 11.1 Å². The van der Waals surface area contributed by atoms with Crippen LogP contribution in [0.4, 0.5) is 10.1 Å². The molecule has 2 aromatic heterocycles. The molecule has 0 unspecified atom stereocenters. The molecule has 0 fully saturated rings. The van der Waals surface area contributed by atoms with E-state index in [0.717, 1.165) is 16.8 Å². The Morgan fingerprint density at radius 1 is 1.33 bits per heavy atom. The number of aromatic nitrogens is 2. The summed E-state index contributed by atoms with van der Waals surface area (Å²) in [5, 5.41) is 2.78. The number of hydrogen-bond acceptors (Lipinski definition) is 3. The summed E-state index contributed by atoms with van der Waals surface area (Å²) in [6, 6.07) is 6.31. The average molecular weight is 326 g/mol. The molecule has 1 aromatic carbocycles. The van der Waals surface area contributed by atoms with Gasteiger partial charge in [-0.3, -0.25) is 9.20 Å². The van der Waals surface area contributed by atoms with Gasteiger partial charge in [-0.05, 0) is 17.7 Å². The van der Waals surface area contributed by atoms with Crippen molar-refractivity contribution in [3.63, 3.8) is 0 Å². The number of halogens is 1. The first-order valence-corrected chi connectivity index (χ1v) is 7.89. The van der Waals surface area contributed by atoms with Crippen molar-refractivity contribution in [3.8, 4) is 11.3 Å². The van der Waals surface area contributed by atoms with Gasteiger partial charge in [-0.1, -0.05) is 26.3 Å². The van der Waals surface area contributed by atoms with E-state index in [1.807, 2.05) is 6.07 Å². The number of nitrogen functional groups attached to an aromatic ring is 1. The van der Waals surface area contributed by atoms with Gasteiger partial charge >= 0.3 is 0 Å². The number of nitrogens with one attached hydrogen (secondary N) is 1. The number of imidazole rings is 1. The SMILES string of the molecule is CCC.Nc1ccc(-c2cnc3cc(F)ccn23)c2c1C(=O)NC2. The van der Waals surface area contributed by atoms with Crippen LogP contribution in [0.15, 0.2) is 36.7 Å². The Labute approximate surface area is 139 Å². The van der Waals surface area contributed by atoms with Crippen molar-refractivity contribution in [2.24, 2.45) is 0 Å². The zero-order valence-corrected chi connectivity index (χ0v) is 13.6. The van der Waals surface area contributed by atoms with Gasteiger partial charge in [0, 0.05) is 30.1 Å². The topological polar surface area (TPSA) is 72.4 Å². The molecule has 0 aliphatic carbocycles. The van der Waals surface area contributed by atoms with Crippen LogP contribution in [0.5, 0.6) is 0 Å². The maximum absolute atomic E-state index is 13.2. The zero-order chi connectivity index (χ0) is 17.3. The Morgan fingerprint density at radius 2 is 2.08 bits per heavy atom. The molecule has 0 radical (unpaired) electrons. The first-order chi connectivity index (χ1) is 11.6. The summed E-state index contributed by atoms with van der Waals surface area (Å²) in [6.07, 6.45) is 4.54. The minimum Gasteiger partial charge on any atom is -0.398 e. The second-order valence-electron chi connectivity index (χ2n) is 5.66. The summed E-state index contributed by atoms with van der Waals surface area (Å²) in [5.74, 6) is -0.497. The Hall–Kier alpha value is -2.89. The highest BCUT2D eigenvalue weighted by molar-refractivity contribution is 6.05. The van der Waals surface area contributed by atoms with Crippen LogP contribution in [-0.2, 0) is 6.54 Å². The van der Waals surface area contributed by atoms with Gasteiger partial charge in [-0.2, -0.15) is 0 Å². The first kappa shape index (κ1) is 16.0. The number of pyridine rings is 1. The Kier molecular flexibility index (Phi) is 4.20. The molecule has 1 aliphatic rings. The van der Waals surface area contributed by atoms with Crippen LogP contribution in [0.3, 0.4) is 0 Å². The van der Waals surface area contributed by atoms with Crippen molar-refractivity contribution in [1.82, 2.24) is 14.7 Å². The van der Waals surface area contributed by atoms with Crippen LogP contribution in [-0.4, -0.2) is 15.3 Å². The van der Waals surface area contributed by atoms with Crippen LogP contribution in [0, 0.1) is 5.82 Å². The normalized spacial score (nSPS) is 12.5. The third-order valence-electron chi connectivity index (χ3n) is 3.75. The monoisotopic (exact) mass is 326 g/mol. The fraction of sp³-hybridized carbons (Fsp3) is 0.222. The summed E-state index contributed by atoms with van der Waals surface area (Å²) in [5.41, 5.74) is 9.91. The van der Waals surface area contributed by atoms with Gasteiger partial charge in [0.2, 0.25) is 0 Å². The summed E-state index contributed by atoms with van der Waals surface area (Å²) in [6.45, 7) is 4.68. The van der Waals surface area contributed by atoms with Gasteiger partial charge in [0.15, 0.2) is 0 Å². The summed E-state index contributed by atoms with van der Waals surface area (Å²) in [7, 11) is 0. The van der Waals surface area contributed by atoms with Gasteiger partial charge in [0.1, 0.15) is 11.5 Å². The fourth-order valence-corrected chi connectivity index (χ4v) is 2.77. The number of benzene rings is 1. The average Bonchev–Trinajstić information content (AvgIpc) is 3.13. The van der Waals surface area contributed by atoms with Crippen molar-refractivity contribution >= 4 is 17.2 Å². The predicted molar refractivity (Wildman–Crippen MR) is 92.1 cm³/mol. The maximum atomic E-state index is 13.2. The smallest absolute Gasteiger partial charge is 0.254 e. The van der Waals surface area contributed by atoms with E-state index in [1.54, 1.807) is 22.9 Å². The third-order valence-corrected chi connectivity index (χ3v) is 3.75. The molecule has 3 N–H and O–H groups in total. The molecule has 6 heteroatoms. The number of rotatable bonds is 1. The Bertz CT molecular complexity index is 917. The van der Waals surface area contributed by atoms with E-state index < -0.39 is 0 Å². The molecule has 124 valence electrons. The first-order valence-electron chi connectivity index (χ1n) is 7.89. The molecule has 0 saturated carbocycles. The van der Waals surface area contributed by atoms with E-state index in [1.165, 1.54) is 18.6 Å². The molecule has 5 nitrogen and oxygen atoms in total. The molecular formula is C18H19FN4O. The van der Waals surface area contributed by atoms with E-state index in [2.05, 4.69) is 24.1 Å². The van der Waals surface area contributed by atoms with Gasteiger partial charge in [0.05, 0.1) is 17.5 Å². The lowest BCUT2D eigenvalue weighted by Gasteiger charge is -2.08. The van der Waals surface area contributed by atoms with E-state index in [0.29, 0.717) is 23.4 Å². The highest BCUT2D eigenvalue weighted by Crippen LogP contribution is 2.33. The third kappa shape index (κ3) is 2.60. The summed E-state index contributed by atoms with van der Waals surface area (Å²) >= 11 is 0. The van der Waals surface area contributed by atoms with E-state index in [-0.39, 0.29) is 11.7 Å². The highest BCUT2D eigenvalue weighted by Gasteiger charge is 2.25. The lowest BCUT2D eigenvalue weighted by atomic mass is 9.99. The zero-order valence-electron chi connectivity index (χ0n) is 13.6. The predicted octanol–water partition coefficient (Wildman–Crippen LogP) is 3.38. The van der Waals surface area contributed by atoms with Crippen LogP contribution in [0.25, 0.3) is 16.9 Å². The molecule has 3 aromatic rings. The summed E-state index contributed by atoms with van der Waals surface area (Å²) in [4.78, 5) is 16.1. The van der Waals surface area contributed by atoms with Crippen molar-refractivity contribution in [2.45, 2.75) is 26.8 Å². The van der Waals surface area contributed by atoms with E-state index >= 15 is 0 Å². The summed E-state index contributed by atoms with van der Waals surface area (Å²) < 4.78 is 15.0. The molecule has 3 heterocycles.